The molecule has 1 aromatic heterocycles. The molecule has 1 aromatic rings. The van der Waals surface area contributed by atoms with Gasteiger partial charge >= 0.3 is 0 Å². The molecule has 2 rings (SSSR count). The number of H-pyrrole nitrogens is 1. The average Bonchev–Trinajstić information content (AvgIpc) is 3.08. The van der Waals surface area contributed by atoms with Crippen LogP contribution in [0.25, 0.3) is 6.08 Å². The van der Waals surface area contributed by atoms with Crippen LogP contribution in [0, 0.1) is 5.41 Å². The van der Waals surface area contributed by atoms with E-state index < -0.39 is 0 Å². The van der Waals surface area contributed by atoms with Gasteiger partial charge in [-0.05, 0) is 19.4 Å². The monoisotopic (exact) mass is 290 g/mol. The normalized spacial score (nSPS) is 19.6. The number of allylic oxidation sites excluding steroid dienone is 1. The minimum absolute atomic E-state index is 0.207. The molecule has 0 aliphatic carbocycles. The third kappa shape index (κ3) is 4.16. The van der Waals surface area contributed by atoms with Crippen LogP contribution >= 0.6 is 0 Å². The molecule has 1 fully saturated rings. The smallest absolute Gasteiger partial charge is 0.175 e. The molecule has 0 radical (unpaired) electrons. The maximum Gasteiger partial charge on any atom is 0.175 e. The summed E-state index contributed by atoms with van der Waals surface area (Å²) in [6, 6.07) is 1.81. The van der Waals surface area contributed by atoms with E-state index in [4.69, 9.17) is 15.9 Å². The molecule has 21 heavy (non-hydrogen) atoms. The number of amidine groups is 2. The Hall–Kier alpha value is -2.15. The SMILES string of the molecule is C/C=C/c1cc(N=C(N)CC(=N)N2CCC(OC)C2)n[nH]1. The van der Waals surface area contributed by atoms with Gasteiger partial charge in [0.05, 0.1) is 18.2 Å². The predicted molar refractivity (Wildman–Crippen MR) is 83.9 cm³/mol. The number of aliphatic imine (C=N–C) groups is 1. The van der Waals surface area contributed by atoms with E-state index in [1.165, 1.54) is 0 Å². The topological polar surface area (TPSA) is 103 Å². The lowest BCUT2D eigenvalue weighted by molar-refractivity contribution is 0.114. The first-order valence-electron chi connectivity index (χ1n) is 6.98. The van der Waals surface area contributed by atoms with Crippen LogP contribution in [0.5, 0.6) is 0 Å². The van der Waals surface area contributed by atoms with E-state index in [-0.39, 0.29) is 6.10 Å². The highest BCUT2D eigenvalue weighted by Gasteiger charge is 2.24. The molecule has 0 saturated carbocycles. The van der Waals surface area contributed by atoms with Crippen LogP contribution in [0.1, 0.15) is 25.5 Å². The zero-order valence-electron chi connectivity index (χ0n) is 12.5. The van der Waals surface area contributed by atoms with Crippen LogP contribution in [0.15, 0.2) is 17.1 Å². The van der Waals surface area contributed by atoms with Crippen molar-refractivity contribution in [1.82, 2.24) is 15.1 Å². The van der Waals surface area contributed by atoms with E-state index in [2.05, 4.69) is 15.2 Å². The Labute approximate surface area is 124 Å². The molecule has 114 valence electrons. The van der Waals surface area contributed by atoms with Crippen LogP contribution in [0.3, 0.4) is 0 Å². The summed E-state index contributed by atoms with van der Waals surface area (Å²) < 4.78 is 5.30. The molecule has 4 N–H and O–H groups in total. The van der Waals surface area contributed by atoms with Gasteiger partial charge in [0.25, 0.3) is 0 Å². The summed E-state index contributed by atoms with van der Waals surface area (Å²) >= 11 is 0. The average molecular weight is 290 g/mol. The lowest BCUT2D eigenvalue weighted by atomic mass is 10.3. The molecule has 0 amide bonds. The Balaban J connectivity index is 1.92. The van der Waals surface area contributed by atoms with Gasteiger partial charge < -0.3 is 15.4 Å². The fraction of sp³-hybridized carbons (Fsp3) is 0.500. The Bertz CT molecular complexity index is 547. The van der Waals surface area contributed by atoms with Crippen molar-refractivity contribution >= 4 is 23.6 Å². The van der Waals surface area contributed by atoms with Gasteiger partial charge in [-0.2, -0.15) is 5.10 Å². The van der Waals surface area contributed by atoms with Crippen LogP contribution in [-0.4, -0.2) is 53.1 Å². The van der Waals surface area contributed by atoms with Gasteiger partial charge in [0.15, 0.2) is 5.82 Å². The highest BCUT2D eigenvalue weighted by Crippen LogP contribution is 2.14. The number of hydrogen-bond donors (Lipinski definition) is 3. The first-order valence-corrected chi connectivity index (χ1v) is 6.98. The number of aromatic amines is 1. The minimum atomic E-state index is 0.207. The number of methoxy groups -OCH3 is 1. The van der Waals surface area contributed by atoms with Crippen molar-refractivity contribution in [3.05, 3.63) is 17.8 Å². The lowest BCUT2D eigenvalue weighted by Gasteiger charge is -2.18. The van der Waals surface area contributed by atoms with E-state index in [0.29, 0.717) is 23.9 Å². The maximum atomic E-state index is 8.09. The van der Waals surface area contributed by atoms with E-state index in [1.54, 1.807) is 7.11 Å². The van der Waals surface area contributed by atoms with Crippen molar-refractivity contribution in [2.75, 3.05) is 20.2 Å². The number of likely N-dealkylation sites (tertiary alicyclic amines) is 1. The van der Waals surface area contributed by atoms with Crippen LogP contribution in [0.4, 0.5) is 5.82 Å². The third-order valence-electron chi connectivity index (χ3n) is 3.40. The molecule has 0 spiro atoms. The number of nitrogens with zero attached hydrogens (tertiary/aromatic N) is 3. The molecule has 1 saturated heterocycles. The second-order valence-corrected chi connectivity index (χ2v) is 5.00. The van der Waals surface area contributed by atoms with Gasteiger partial charge in [0.2, 0.25) is 0 Å². The number of nitrogens with one attached hydrogen (secondary N) is 2. The second kappa shape index (κ2) is 7.03. The fourth-order valence-electron chi connectivity index (χ4n) is 2.28. The van der Waals surface area contributed by atoms with Crippen molar-refractivity contribution in [1.29, 1.82) is 5.41 Å². The number of nitrogens with two attached hydrogens (primary N) is 1. The third-order valence-corrected chi connectivity index (χ3v) is 3.40. The number of rotatable bonds is 5. The molecule has 1 aliphatic rings. The van der Waals surface area contributed by atoms with Crippen molar-refractivity contribution < 1.29 is 4.74 Å². The largest absolute Gasteiger partial charge is 0.387 e. The lowest BCUT2D eigenvalue weighted by Crippen LogP contribution is -2.32. The Kier molecular flexibility index (Phi) is 5.10. The summed E-state index contributed by atoms with van der Waals surface area (Å²) in [6.45, 7) is 3.51. The molecule has 1 atom stereocenters. The minimum Gasteiger partial charge on any atom is -0.387 e. The molecule has 0 aromatic carbocycles. The molecular formula is C14H22N6O. The Morgan fingerprint density at radius 1 is 1.71 bits per heavy atom. The van der Waals surface area contributed by atoms with Gasteiger partial charge in [-0.1, -0.05) is 6.08 Å². The molecule has 7 nitrogen and oxygen atoms in total. The summed E-state index contributed by atoms with van der Waals surface area (Å²) in [5.74, 6) is 1.39. The first-order chi connectivity index (χ1) is 10.1. The van der Waals surface area contributed by atoms with Crippen molar-refractivity contribution in [3.63, 3.8) is 0 Å². The molecule has 1 unspecified atom stereocenters. The van der Waals surface area contributed by atoms with Gasteiger partial charge in [0.1, 0.15) is 11.7 Å². The maximum absolute atomic E-state index is 8.09. The summed E-state index contributed by atoms with van der Waals surface area (Å²) in [7, 11) is 1.70. The Morgan fingerprint density at radius 2 is 2.52 bits per heavy atom. The summed E-state index contributed by atoms with van der Waals surface area (Å²) in [6.07, 6.45) is 5.29. The van der Waals surface area contributed by atoms with Gasteiger partial charge in [-0.25, -0.2) is 4.99 Å². The van der Waals surface area contributed by atoms with Crippen molar-refractivity contribution in [3.8, 4) is 0 Å². The van der Waals surface area contributed by atoms with Crippen LogP contribution in [-0.2, 0) is 4.74 Å². The zero-order valence-corrected chi connectivity index (χ0v) is 12.5. The van der Waals surface area contributed by atoms with Crippen molar-refractivity contribution in [2.24, 2.45) is 10.7 Å². The highest BCUT2D eigenvalue weighted by molar-refractivity contribution is 6.01. The standard InChI is InChI=1S/C14H22N6O/c1-3-4-10-7-14(19-18-10)17-12(15)8-13(16)20-6-5-11(9-20)21-2/h3-4,7,11,16H,5-6,8-9H2,1-2H3,(H3,15,17,18,19)/b4-3+,16-13?. The molecule has 2 heterocycles. The number of ether oxygens (including phenoxy) is 1. The number of hydrogen-bond acceptors (Lipinski definition) is 4. The predicted octanol–water partition coefficient (Wildman–Crippen LogP) is 1.52. The van der Waals surface area contributed by atoms with Gasteiger partial charge in [0, 0.05) is 26.3 Å². The van der Waals surface area contributed by atoms with Gasteiger partial charge in [-0.3, -0.25) is 10.5 Å². The number of aromatic nitrogens is 2. The fourth-order valence-corrected chi connectivity index (χ4v) is 2.28. The second-order valence-electron chi connectivity index (χ2n) is 5.00. The zero-order chi connectivity index (χ0) is 15.2. The summed E-state index contributed by atoms with van der Waals surface area (Å²) in [5, 5.41) is 15.0. The first kappa shape index (κ1) is 15.2. The van der Waals surface area contributed by atoms with E-state index >= 15 is 0 Å². The molecule has 7 heteroatoms. The van der Waals surface area contributed by atoms with E-state index in [0.717, 1.165) is 25.2 Å². The van der Waals surface area contributed by atoms with Crippen LogP contribution in [0.2, 0.25) is 0 Å². The quantitative estimate of drug-likeness (QED) is 0.565. The summed E-state index contributed by atoms with van der Waals surface area (Å²) in [4.78, 5) is 6.21. The van der Waals surface area contributed by atoms with Crippen molar-refractivity contribution in [2.45, 2.75) is 25.9 Å². The molecular weight excluding hydrogens is 268 g/mol. The van der Waals surface area contributed by atoms with E-state index in [9.17, 15) is 0 Å². The molecule has 0 bridgehead atoms. The van der Waals surface area contributed by atoms with Gasteiger partial charge in [-0.15, -0.1) is 0 Å². The molecule has 1 aliphatic heterocycles. The van der Waals surface area contributed by atoms with Crippen LogP contribution < -0.4 is 5.73 Å². The van der Waals surface area contributed by atoms with E-state index in [1.807, 2.05) is 30.0 Å². The Morgan fingerprint density at radius 3 is 3.19 bits per heavy atom. The summed E-state index contributed by atoms with van der Waals surface area (Å²) in [5.41, 5.74) is 6.78. The highest BCUT2D eigenvalue weighted by atomic mass is 16.5.